The number of nitrogens with zero attached hydrogens (tertiary/aromatic N) is 7. The molecule has 1 saturated heterocycles. The summed E-state index contributed by atoms with van der Waals surface area (Å²) in [5, 5.41) is 50.4. The van der Waals surface area contributed by atoms with E-state index in [1.807, 2.05) is 0 Å². The van der Waals surface area contributed by atoms with Crippen LogP contribution in [0.2, 0.25) is 0 Å². The Kier molecular flexibility index (Phi) is 7.81. The quantitative estimate of drug-likeness (QED) is 0.0612. The summed E-state index contributed by atoms with van der Waals surface area (Å²) in [5.41, 5.74) is 7.92. The first-order valence-electron chi connectivity index (χ1n) is 11.6. The van der Waals surface area contributed by atoms with Crippen LogP contribution in [0, 0.1) is 0 Å². The van der Waals surface area contributed by atoms with Crippen LogP contribution < -0.4 is 17.0 Å². The molecule has 0 bridgehead atoms. The van der Waals surface area contributed by atoms with E-state index in [1.165, 1.54) is 12.3 Å². The van der Waals surface area contributed by atoms with Gasteiger partial charge in [-0.1, -0.05) is 5.21 Å². The first kappa shape index (κ1) is 29.9. The van der Waals surface area contributed by atoms with Gasteiger partial charge in [0.1, 0.15) is 17.9 Å². The van der Waals surface area contributed by atoms with Gasteiger partial charge in [0.2, 0.25) is 12.2 Å². The van der Waals surface area contributed by atoms with Gasteiger partial charge >= 0.3 is 15.9 Å². The van der Waals surface area contributed by atoms with Crippen molar-refractivity contribution in [3.8, 4) is 0 Å². The molecule has 0 saturated carbocycles. The lowest BCUT2D eigenvalue weighted by molar-refractivity contribution is -0.251. The number of aromatic amines is 1. The molecule has 1 aliphatic rings. The van der Waals surface area contributed by atoms with Crippen LogP contribution in [0.3, 0.4) is 0 Å². The largest absolute Gasteiger partial charge is 0.694 e. The fraction of sp³-hybridized carbons (Fsp3) is 0.444. The third-order valence-corrected chi connectivity index (χ3v) is 8.59. The van der Waals surface area contributed by atoms with E-state index in [-0.39, 0.29) is 34.0 Å². The number of H-pyrrole nitrogens is 1. The van der Waals surface area contributed by atoms with Crippen molar-refractivity contribution in [3.05, 3.63) is 28.9 Å². The van der Waals surface area contributed by atoms with Crippen molar-refractivity contribution in [2.24, 2.45) is 0 Å². The predicted molar refractivity (Wildman–Crippen MR) is 136 cm³/mol. The molecule has 24 heteroatoms. The van der Waals surface area contributed by atoms with E-state index in [4.69, 9.17) is 20.7 Å². The van der Waals surface area contributed by atoms with Crippen LogP contribution >= 0.6 is 15.9 Å². The number of fused-ring (bicyclic) bond motifs is 2. The Balaban J connectivity index is 1.57. The van der Waals surface area contributed by atoms with Crippen molar-refractivity contribution in [2.75, 3.05) is 24.7 Å². The molecular formula is C18H23N10O12P2+. The fourth-order valence-corrected chi connectivity index (χ4v) is 6.57. The van der Waals surface area contributed by atoms with Gasteiger partial charge in [-0.3, -0.25) is 23.4 Å². The van der Waals surface area contributed by atoms with E-state index in [2.05, 4.69) is 34.8 Å². The summed E-state index contributed by atoms with van der Waals surface area (Å²) < 4.78 is 41.9. The number of nitrogens with two attached hydrogens (primary N) is 2. The van der Waals surface area contributed by atoms with Gasteiger partial charge < -0.3 is 41.5 Å². The lowest BCUT2D eigenvalue weighted by Crippen LogP contribution is -2.47. The third kappa shape index (κ3) is 5.14. The number of imidazole rings is 1. The number of ether oxygens (including phenoxy) is 1. The smallest absolute Gasteiger partial charge is 0.394 e. The molecule has 4 aromatic rings. The van der Waals surface area contributed by atoms with Crippen LogP contribution in [0.25, 0.3) is 22.2 Å². The van der Waals surface area contributed by atoms with Crippen LogP contribution in [0.5, 0.6) is 0 Å². The number of aromatic nitrogens is 8. The SMILES string of the molecule is Nc1nc2c(ncn2[C@@H]2O[C@H](CO)[C@@H](O)[C@H]2P(=O)(O)O[C@](O)(CO[P+](=O)O)[C@@H](O)n2nnc3c(N)nccc32)c(=O)[nH]1. The molecule has 8 atom stereocenters. The molecule has 42 heavy (non-hydrogen) atoms. The number of hydrogen-bond acceptors (Lipinski definition) is 17. The Labute approximate surface area is 232 Å². The Morgan fingerprint density at radius 3 is 2.74 bits per heavy atom. The van der Waals surface area contributed by atoms with Crippen LogP contribution in [0.4, 0.5) is 11.8 Å². The molecule has 0 spiro atoms. The molecule has 1 fully saturated rings. The first-order valence-corrected chi connectivity index (χ1v) is 14.4. The standard InChI is InChI=1S/C18H22N10O12P2/c19-12-8-6(1-2-21-12)28(26-25-8)16(32)18(33,4-38-41(34)35)40-42(36,37)11-10(30)7(3-29)39-15(11)27-5-22-9-13(27)23-17(20)24-14(9)31/h1-2,5,7,10-11,15-16,29-30,32-33H,3-4H2,(H6-,19,20,21,23,24,26,31,34,35,36,37)/p+1/t7-,10-,11-,15-,16-,18-/m1/s1. The van der Waals surface area contributed by atoms with Gasteiger partial charge in [0.05, 0.1) is 18.5 Å². The summed E-state index contributed by atoms with van der Waals surface area (Å²) in [7, 11) is -8.94. The average molecular weight is 633 g/mol. The molecular weight excluding hydrogens is 610 g/mol. The minimum atomic E-state index is -5.50. The van der Waals surface area contributed by atoms with E-state index in [9.17, 15) is 44.1 Å². The lowest BCUT2D eigenvalue weighted by atomic mass is 10.2. The van der Waals surface area contributed by atoms with Crippen LogP contribution in [-0.4, -0.2) is 107 Å². The number of nitrogens with one attached hydrogen (secondary N) is 1. The second kappa shape index (κ2) is 10.9. The van der Waals surface area contributed by atoms with Gasteiger partial charge in [-0.05, 0) is 6.07 Å². The lowest BCUT2D eigenvalue weighted by Gasteiger charge is -2.35. The predicted octanol–water partition coefficient (Wildman–Crippen LogP) is -3.21. The molecule has 5 rings (SSSR count). The molecule has 0 aromatic carbocycles. The van der Waals surface area contributed by atoms with Crippen molar-refractivity contribution >= 4 is 49.8 Å². The van der Waals surface area contributed by atoms with Gasteiger partial charge in [0.25, 0.3) is 11.3 Å². The second-order valence-corrected chi connectivity index (χ2v) is 11.6. The molecule has 0 amide bonds. The summed E-state index contributed by atoms with van der Waals surface area (Å²) in [6, 6.07) is 1.27. The maximum atomic E-state index is 13.8. The highest BCUT2D eigenvalue weighted by Crippen LogP contribution is 2.60. The Hall–Kier alpha value is -3.53. The number of hydrogen-bond donors (Lipinski definition) is 9. The zero-order chi connectivity index (χ0) is 30.6. The van der Waals surface area contributed by atoms with Crippen molar-refractivity contribution in [3.63, 3.8) is 0 Å². The maximum absolute atomic E-state index is 13.8. The molecule has 0 radical (unpaired) electrons. The number of nitrogen functional groups attached to an aromatic ring is 2. The van der Waals surface area contributed by atoms with Crippen molar-refractivity contribution in [1.29, 1.82) is 0 Å². The minimum Gasteiger partial charge on any atom is -0.394 e. The maximum Gasteiger partial charge on any atom is 0.694 e. The highest BCUT2D eigenvalue weighted by Gasteiger charge is 2.59. The molecule has 22 nitrogen and oxygen atoms in total. The van der Waals surface area contributed by atoms with Gasteiger partial charge in [-0.25, -0.2) is 14.6 Å². The van der Waals surface area contributed by atoms with E-state index >= 15 is 0 Å². The highest BCUT2D eigenvalue weighted by molar-refractivity contribution is 7.53. The molecule has 226 valence electrons. The first-order chi connectivity index (χ1) is 19.8. The molecule has 2 unspecified atom stereocenters. The Morgan fingerprint density at radius 1 is 1.31 bits per heavy atom. The molecule has 5 heterocycles. The Morgan fingerprint density at radius 2 is 2.05 bits per heavy atom. The molecule has 11 N–H and O–H groups in total. The van der Waals surface area contributed by atoms with Gasteiger partial charge in [0.15, 0.2) is 35.3 Å². The fourth-order valence-electron chi connectivity index (χ4n) is 4.44. The summed E-state index contributed by atoms with van der Waals surface area (Å²) in [4.78, 5) is 46.4. The molecule has 0 aliphatic carbocycles. The number of pyridine rings is 1. The number of anilines is 2. The highest BCUT2D eigenvalue weighted by atomic mass is 31.2. The average Bonchev–Trinajstić information content (AvgIpc) is 3.62. The number of rotatable bonds is 10. The van der Waals surface area contributed by atoms with E-state index in [1.54, 1.807) is 0 Å². The third-order valence-electron chi connectivity index (χ3n) is 6.34. The van der Waals surface area contributed by atoms with E-state index in [0.29, 0.717) is 4.68 Å². The van der Waals surface area contributed by atoms with Gasteiger partial charge in [0, 0.05) is 10.8 Å². The Bertz CT molecular complexity index is 1760. The zero-order valence-corrected chi connectivity index (χ0v) is 22.6. The summed E-state index contributed by atoms with van der Waals surface area (Å²) in [5.74, 6) is -3.81. The van der Waals surface area contributed by atoms with E-state index < -0.39 is 70.7 Å². The molecule has 1 aliphatic heterocycles. The zero-order valence-electron chi connectivity index (χ0n) is 20.8. The van der Waals surface area contributed by atoms with Crippen molar-refractivity contribution in [2.45, 2.75) is 36.1 Å². The van der Waals surface area contributed by atoms with Crippen molar-refractivity contribution < 1.29 is 53.1 Å². The topological polar surface area (TPSA) is 342 Å². The molecule has 4 aromatic heterocycles. The van der Waals surface area contributed by atoms with Crippen LogP contribution in [0.15, 0.2) is 23.4 Å². The van der Waals surface area contributed by atoms with Crippen LogP contribution in [-0.2, 0) is 22.9 Å². The van der Waals surface area contributed by atoms with Crippen molar-refractivity contribution in [1.82, 2.24) is 39.5 Å². The van der Waals surface area contributed by atoms with Gasteiger partial charge in [-0.2, -0.15) is 4.98 Å². The van der Waals surface area contributed by atoms with Gasteiger partial charge in [-0.15, -0.1) is 14.5 Å². The number of aliphatic hydroxyl groups is 4. The minimum absolute atomic E-state index is 0.0422. The summed E-state index contributed by atoms with van der Waals surface area (Å²) in [6.07, 6.45) is -5.48. The summed E-state index contributed by atoms with van der Waals surface area (Å²) in [6.45, 7) is -2.26. The number of aliphatic hydroxyl groups excluding tert-OH is 3. The van der Waals surface area contributed by atoms with Crippen LogP contribution in [0.1, 0.15) is 12.5 Å². The second-order valence-electron chi connectivity index (χ2n) is 8.99. The summed E-state index contributed by atoms with van der Waals surface area (Å²) >= 11 is 0. The van der Waals surface area contributed by atoms with E-state index in [0.717, 1.165) is 10.9 Å². The monoisotopic (exact) mass is 633 g/mol. The normalized spacial score (nSPS) is 25.0.